The summed E-state index contributed by atoms with van der Waals surface area (Å²) in [5.41, 5.74) is 7.17. The second-order valence-corrected chi connectivity index (χ2v) is 6.97. The number of carbonyl (C=O) groups is 1. The number of hydrogen-bond donors (Lipinski definition) is 1. The molecule has 2 N–H and O–H groups in total. The first-order valence-electron chi connectivity index (χ1n) is 9.27. The number of anilines is 1. The van der Waals surface area contributed by atoms with Gasteiger partial charge in [-0.05, 0) is 36.8 Å². The van der Waals surface area contributed by atoms with E-state index in [0.29, 0.717) is 30.2 Å². The Hall–Kier alpha value is -3.42. The summed E-state index contributed by atoms with van der Waals surface area (Å²) in [4.78, 5) is 27.4. The summed E-state index contributed by atoms with van der Waals surface area (Å²) in [6, 6.07) is 8.18. The van der Waals surface area contributed by atoms with E-state index in [9.17, 15) is 13.6 Å². The first kappa shape index (κ1) is 18.9. The lowest BCUT2D eigenvalue weighted by atomic mass is 10.1. The average Bonchev–Trinajstić information content (AvgIpc) is 3.21. The van der Waals surface area contributed by atoms with E-state index in [1.807, 2.05) is 0 Å². The van der Waals surface area contributed by atoms with Gasteiger partial charge in [-0.3, -0.25) is 9.78 Å². The fraction of sp³-hybridized carbons (Fsp3) is 0.238. The third-order valence-electron chi connectivity index (χ3n) is 5.03. The highest BCUT2D eigenvalue weighted by Crippen LogP contribution is 2.27. The van der Waals surface area contributed by atoms with Crippen LogP contribution < -0.4 is 5.73 Å². The number of benzene rings is 1. The Morgan fingerprint density at radius 2 is 1.97 bits per heavy atom. The van der Waals surface area contributed by atoms with Crippen molar-refractivity contribution >= 4 is 11.6 Å². The molecule has 1 fully saturated rings. The van der Waals surface area contributed by atoms with Crippen LogP contribution in [0.2, 0.25) is 0 Å². The molecule has 0 aliphatic carbocycles. The van der Waals surface area contributed by atoms with Crippen molar-refractivity contribution in [2.45, 2.75) is 18.8 Å². The van der Waals surface area contributed by atoms with Crippen LogP contribution in [0.15, 0.2) is 48.8 Å². The summed E-state index contributed by atoms with van der Waals surface area (Å²) < 4.78 is 27.2. The fourth-order valence-corrected chi connectivity index (χ4v) is 3.47. The highest BCUT2D eigenvalue weighted by atomic mass is 19.1. The van der Waals surface area contributed by atoms with Gasteiger partial charge in [-0.2, -0.15) is 0 Å². The molecule has 1 unspecified atom stereocenters. The Bertz CT molecular complexity index is 1040. The molecule has 1 amide bonds. The second-order valence-electron chi connectivity index (χ2n) is 6.97. The number of nitrogen functional groups attached to an aromatic ring is 1. The largest absolute Gasteiger partial charge is 0.397 e. The minimum absolute atomic E-state index is 0.00482. The zero-order valence-electron chi connectivity index (χ0n) is 15.6. The maximum Gasteiger partial charge on any atom is 0.228 e. The molecule has 3 heterocycles. The SMILES string of the molecule is Nc1ccc(-c2ccc(F)cc2F)nc1CC(=O)N1CCC(c2ncccn2)C1. The Morgan fingerprint density at radius 1 is 1.17 bits per heavy atom. The minimum Gasteiger partial charge on any atom is -0.397 e. The summed E-state index contributed by atoms with van der Waals surface area (Å²) >= 11 is 0. The molecule has 1 aliphatic heterocycles. The van der Waals surface area contributed by atoms with Crippen molar-refractivity contribution in [3.8, 4) is 11.3 Å². The van der Waals surface area contributed by atoms with Crippen LogP contribution in [0.1, 0.15) is 23.9 Å². The Morgan fingerprint density at radius 3 is 2.72 bits per heavy atom. The zero-order valence-corrected chi connectivity index (χ0v) is 15.6. The molecule has 29 heavy (non-hydrogen) atoms. The van der Waals surface area contributed by atoms with Crippen LogP contribution in [0.3, 0.4) is 0 Å². The predicted molar refractivity (Wildman–Crippen MR) is 104 cm³/mol. The Labute approximate surface area is 166 Å². The van der Waals surface area contributed by atoms with E-state index in [4.69, 9.17) is 5.73 Å². The quantitative estimate of drug-likeness (QED) is 0.734. The first-order chi connectivity index (χ1) is 14.0. The zero-order chi connectivity index (χ0) is 20.4. The molecule has 148 valence electrons. The number of aromatic nitrogens is 3. The molecule has 2 aromatic heterocycles. The normalized spacial score (nSPS) is 16.2. The standard InChI is InChI=1S/C21H19F2N5O/c22-14-2-3-15(16(23)10-14)18-5-4-17(24)19(27-18)11-20(29)28-9-6-13(12-28)21-25-7-1-8-26-21/h1-5,7-8,10,13H,6,9,11-12,24H2. The molecule has 0 saturated carbocycles. The summed E-state index contributed by atoms with van der Waals surface area (Å²) in [7, 11) is 0. The van der Waals surface area contributed by atoms with Gasteiger partial charge in [-0.1, -0.05) is 0 Å². The fourth-order valence-electron chi connectivity index (χ4n) is 3.47. The number of nitrogens with two attached hydrogens (primary N) is 1. The number of carbonyl (C=O) groups excluding carboxylic acids is 1. The van der Waals surface area contributed by atoms with Crippen LogP contribution in [0.5, 0.6) is 0 Å². The van der Waals surface area contributed by atoms with Gasteiger partial charge >= 0.3 is 0 Å². The van der Waals surface area contributed by atoms with Crippen molar-refractivity contribution in [1.29, 1.82) is 0 Å². The molecule has 6 nitrogen and oxygen atoms in total. The first-order valence-corrected chi connectivity index (χ1v) is 9.27. The van der Waals surface area contributed by atoms with Gasteiger partial charge in [0.15, 0.2) is 0 Å². The van der Waals surface area contributed by atoms with E-state index in [0.717, 1.165) is 24.4 Å². The van der Waals surface area contributed by atoms with Crippen molar-refractivity contribution < 1.29 is 13.6 Å². The highest BCUT2D eigenvalue weighted by molar-refractivity contribution is 5.80. The molecule has 1 atom stereocenters. The van der Waals surface area contributed by atoms with E-state index in [1.165, 1.54) is 6.07 Å². The van der Waals surface area contributed by atoms with Gasteiger partial charge in [0.2, 0.25) is 5.91 Å². The van der Waals surface area contributed by atoms with E-state index in [1.54, 1.807) is 35.5 Å². The maximum absolute atomic E-state index is 14.1. The molecule has 3 aromatic rings. The summed E-state index contributed by atoms with van der Waals surface area (Å²) in [6.45, 7) is 1.14. The van der Waals surface area contributed by atoms with Gasteiger partial charge in [0, 0.05) is 43.0 Å². The van der Waals surface area contributed by atoms with Gasteiger partial charge in [-0.15, -0.1) is 0 Å². The Kier molecular flexibility index (Phi) is 5.16. The van der Waals surface area contributed by atoms with Crippen LogP contribution in [-0.4, -0.2) is 38.8 Å². The molecule has 4 rings (SSSR count). The smallest absolute Gasteiger partial charge is 0.228 e. The van der Waals surface area contributed by atoms with Crippen LogP contribution in [0, 0.1) is 11.6 Å². The van der Waals surface area contributed by atoms with Gasteiger partial charge in [0.25, 0.3) is 0 Å². The van der Waals surface area contributed by atoms with Crippen LogP contribution in [0.4, 0.5) is 14.5 Å². The third-order valence-corrected chi connectivity index (χ3v) is 5.03. The van der Waals surface area contributed by atoms with Gasteiger partial charge in [0.1, 0.15) is 17.5 Å². The number of likely N-dealkylation sites (tertiary alicyclic amines) is 1. The lowest BCUT2D eigenvalue weighted by Gasteiger charge is -2.17. The van der Waals surface area contributed by atoms with E-state index < -0.39 is 11.6 Å². The van der Waals surface area contributed by atoms with Crippen molar-refractivity contribution in [1.82, 2.24) is 19.9 Å². The van der Waals surface area contributed by atoms with E-state index in [2.05, 4.69) is 15.0 Å². The molecular weight excluding hydrogens is 376 g/mol. The maximum atomic E-state index is 14.1. The molecule has 1 aliphatic rings. The molecular formula is C21H19F2N5O. The average molecular weight is 395 g/mol. The van der Waals surface area contributed by atoms with Crippen LogP contribution >= 0.6 is 0 Å². The highest BCUT2D eigenvalue weighted by Gasteiger charge is 2.29. The minimum atomic E-state index is -0.718. The topological polar surface area (TPSA) is 85.0 Å². The number of halogens is 2. The van der Waals surface area contributed by atoms with Crippen molar-refractivity contribution in [2.24, 2.45) is 0 Å². The third kappa shape index (κ3) is 4.06. The number of rotatable bonds is 4. The molecule has 0 bridgehead atoms. The van der Waals surface area contributed by atoms with E-state index in [-0.39, 0.29) is 23.8 Å². The Balaban J connectivity index is 1.50. The number of pyridine rings is 1. The van der Waals surface area contributed by atoms with Gasteiger partial charge < -0.3 is 10.6 Å². The summed E-state index contributed by atoms with van der Waals surface area (Å²) in [5, 5.41) is 0. The molecule has 0 spiro atoms. The van der Waals surface area contributed by atoms with Crippen LogP contribution in [0.25, 0.3) is 11.3 Å². The van der Waals surface area contributed by atoms with Crippen molar-refractivity contribution in [3.05, 3.63) is 71.9 Å². The second kappa shape index (κ2) is 7.90. The van der Waals surface area contributed by atoms with Crippen molar-refractivity contribution in [3.63, 3.8) is 0 Å². The van der Waals surface area contributed by atoms with Gasteiger partial charge in [0.05, 0.1) is 23.5 Å². The lowest BCUT2D eigenvalue weighted by molar-refractivity contribution is -0.129. The van der Waals surface area contributed by atoms with Gasteiger partial charge in [-0.25, -0.2) is 18.7 Å². The lowest BCUT2D eigenvalue weighted by Crippen LogP contribution is -2.30. The molecule has 8 heteroatoms. The monoisotopic (exact) mass is 395 g/mol. The molecule has 0 radical (unpaired) electrons. The summed E-state index contributed by atoms with van der Waals surface area (Å²) in [6.07, 6.45) is 4.18. The van der Waals surface area contributed by atoms with Crippen LogP contribution in [-0.2, 0) is 11.2 Å². The number of hydrogen-bond acceptors (Lipinski definition) is 5. The number of nitrogens with zero attached hydrogens (tertiary/aromatic N) is 4. The summed E-state index contributed by atoms with van der Waals surface area (Å²) in [5.74, 6) is -0.661. The molecule has 1 saturated heterocycles. The molecule has 1 aromatic carbocycles. The number of amides is 1. The van der Waals surface area contributed by atoms with Crippen molar-refractivity contribution in [2.75, 3.05) is 18.8 Å². The predicted octanol–water partition coefficient (Wildman–Crippen LogP) is 2.96. The van der Waals surface area contributed by atoms with E-state index >= 15 is 0 Å².